The summed E-state index contributed by atoms with van der Waals surface area (Å²) >= 11 is 6.12. The van der Waals surface area contributed by atoms with Gasteiger partial charge in [-0.25, -0.2) is 0 Å². The molecule has 1 saturated carbocycles. The van der Waals surface area contributed by atoms with Crippen LogP contribution >= 0.6 is 11.6 Å². The van der Waals surface area contributed by atoms with Gasteiger partial charge in [0.2, 0.25) is 0 Å². The molecule has 5 heteroatoms. The van der Waals surface area contributed by atoms with E-state index < -0.39 is 0 Å². The molecule has 1 aromatic heterocycles. The standard InChI is InChI=1S/C18H24ClN3O/c1-11-6-8-13(9-7-11)10-12(2)20-18(23)17-14-4-3-5-15(19)16(14)21-22-17/h3-5,11-13H,6-10H2,1-2H3,(H,20,23)(H,21,22)/t11?,12-,13?/m1/s1. The van der Waals surface area contributed by atoms with Crippen LogP contribution in [0.4, 0.5) is 0 Å². The van der Waals surface area contributed by atoms with Crippen LogP contribution in [0.2, 0.25) is 5.02 Å². The van der Waals surface area contributed by atoms with Gasteiger partial charge in [-0.05, 0) is 31.2 Å². The minimum Gasteiger partial charge on any atom is -0.348 e. The molecule has 4 nitrogen and oxygen atoms in total. The largest absolute Gasteiger partial charge is 0.348 e. The monoisotopic (exact) mass is 333 g/mol. The summed E-state index contributed by atoms with van der Waals surface area (Å²) in [7, 11) is 0. The van der Waals surface area contributed by atoms with Crippen LogP contribution in [-0.2, 0) is 0 Å². The number of carbonyl (C=O) groups excluding carboxylic acids is 1. The maximum absolute atomic E-state index is 12.5. The molecule has 0 saturated heterocycles. The number of rotatable bonds is 4. The molecule has 1 heterocycles. The smallest absolute Gasteiger partial charge is 0.272 e. The predicted molar refractivity (Wildman–Crippen MR) is 93.8 cm³/mol. The van der Waals surface area contributed by atoms with Gasteiger partial charge in [0, 0.05) is 11.4 Å². The summed E-state index contributed by atoms with van der Waals surface area (Å²) in [6, 6.07) is 5.65. The van der Waals surface area contributed by atoms with Gasteiger partial charge in [-0.2, -0.15) is 5.10 Å². The first-order valence-electron chi connectivity index (χ1n) is 8.48. The van der Waals surface area contributed by atoms with Gasteiger partial charge in [0.1, 0.15) is 0 Å². The second-order valence-electron chi connectivity index (χ2n) is 6.97. The second kappa shape index (κ2) is 6.91. The Morgan fingerprint density at radius 3 is 2.87 bits per heavy atom. The van der Waals surface area contributed by atoms with Crippen LogP contribution < -0.4 is 5.32 Å². The zero-order valence-electron chi connectivity index (χ0n) is 13.7. The minimum atomic E-state index is -0.129. The topological polar surface area (TPSA) is 57.8 Å². The van der Waals surface area contributed by atoms with Crippen LogP contribution in [0.15, 0.2) is 18.2 Å². The molecule has 1 amide bonds. The van der Waals surface area contributed by atoms with Crippen molar-refractivity contribution in [2.45, 2.75) is 52.0 Å². The van der Waals surface area contributed by atoms with Gasteiger partial charge in [0.05, 0.1) is 10.5 Å². The molecule has 1 aromatic carbocycles. The number of hydrogen-bond donors (Lipinski definition) is 2. The number of fused-ring (bicyclic) bond motifs is 1. The normalized spacial score (nSPS) is 22.9. The first-order chi connectivity index (χ1) is 11.0. The van der Waals surface area contributed by atoms with Crippen molar-refractivity contribution in [1.29, 1.82) is 0 Å². The van der Waals surface area contributed by atoms with Crippen molar-refractivity contribution in [3.8, 4) is 0 Å². The number of amides is 1. The van der Waals surface area contributed by atoms with E-state index in [4.69, 9.17) is 11.6 Å². The van der Waals surface area contributed by atoms with Crippen molar-refractivity contribution in [2.75, 3.05) is 0 Å². The third kappa shape index (κ3) is 3.69. The van der Waals surface area contributed by atoms with Crippen molar-refractivity contribution in [3.05, 3.63) is 28.9 Å². The first kappa shape index (κ1) is 16.3. The number of aromatic amines is 1. The van der Waals surface area contributed by atoms with E-state index in [9.17, 15) is 4.79 Å². The molecule has 23 heavy (non-hydrogen) atoms. The van der Waals surface area contributed by atoms with E-state index in [2.05, 4.69) is 29.4 Å². The summed E-state index contributed by atoms with van der Waals surface area (Å²) in [5.41, 5.74) is 1.14. The van der Waals surface area contributed by atoms with Crippen molar-refractivity contribution in [1.82, 2.24) is 15.5 Å². The molecular formula is C18H24ClN3O. The fraction of sp³-hybridized carbons (Fsp3) is 0.556. The van der Waals surface area contributed by atoms with Crippen LogP contribution in [0.3, 0.4) is 0 Å². The van der Waals surface area contributed by atoms with E-state index in [0.29, 0.717) is 16.2 Å². The molecule has 0 bridgehead atoms. The highest BCUT2D eigenvalue weighted by Crippen LogP contribution is 2.31. The molecule has 2 N–H and O–H groups in total. The number of halogens is 1. The number of hydrogen-bond acceptors (Lipinski definition) is 2. The quantitative estimate of drug-likeness (QED) is 0.862. The lowest BCUT2D eigenvalue weighted by Gasteiger charge is -2.28. The molecule has 0 radical (unpaired) electrons. The number of aromatic nitrogens is 2. The first-order valence-corrected chi connectivity index (χ1v) is 8.86. The molecular weight excluding hydrogens is 310 g/mol. The number of H-pyrrole nitrogens is 1. The van der Waals surface area contributed by atoms with E-state index in [1.54, 1.807) is 6.07 Å². The highest BCUT2D eigenvalue weighted by Gasteiger charge is 2.22. The van der Waals surface area contributed by atoms with Crippen LogP contribution in [0.5, 0.6) is 0 Å². The summed E-state index contributed by atoms with van der Waals surface area (Å²) in [6.07, 6.45) is 6.23. The average Bonchev–Trinajstić information content (AvgIpc) is 2.95. The molecule has 1 atom stereocenters. The van der Waals surface area contributed by atoms with Gasteiger partial charge in [-0.1, -0.05) is 56.3 Å². The van der Waals surface area contributed by atoms with Crippen LogP contribution in [-0.4, -0.2) is 22.1 Å². The zero-order chi connectivity index (χ0) is 16.4. The lowest BCUT2D eigenvalue weighted by molar-refractivity contribution is 0.0928. The highest BCUT2D eigenvalue weighted by atomic mass is 35.5. The molecule has 1 fully saturated rings. The molecule has 124 valence electrons. The summed E-state index contributed by atoms with van der Waals surface area (Å²) in [5.74, 6) is 1.46. The van der Waals surface area contributed by atoms with Gasteiger partial charge < -0.3 is 5.32 Å². The van der Waals surface area contributed by atoms with Crippen molar-refractivity contribution in [3.63, 3.8) is 0 Å². The van der Waals surface area contributed by atoms with E-state index in [-0.39, 0.29) is 11.9 Å². The Morgan fingerprint density at radius 2 is 2.13 bits per heavy atom. The van der Waals surface area contributed by atoms with E-state index in [1.165, 1.54) is 25.7 Å². The predicted octanol–water partition coefficient (Wildman–Crippen LogP) is 4.55. The number of nitrogens with one attached hydrogen (secondary N) is 2. The lowest BCUT2D eigenvalue weighted by atomic mass is 9.80. The van der Waals surface area contributed by atoms with E-state index in [1.807, 2.05) is 12.1 Å². The Hall–Kier alpha value is -1.55. The summed E-state index contributed by atoms with van der Waals surface area (Å²) in [4.78, 5) is 12.5. The van der Waals surface area contributed by atoms with Crippen molar-refractivity contribution < 1.29 is 4.79 Å². The van der Waals surface area contributed by atoms with Crippen molar-refractivity contribution >= 4 is 28.4 Å². The summed E-state index contributed by atoms with van der Waals surface area (Å²) < 4.78 is 0. The summed E-state index contributed by atoms with van der Waals surface area (Å²) in [6.45, 7) is 4.41. The molecule has 1 aliphatic carbocycles. The highest BCUT2D eigenvalue weighted by molar-refractivity contribution is 6.35. The van der Waals surface area contributed by atoms with Crippen LogP contribution in [0.25, 0.3) is 10.9 Å². The van der Waals surface area contributed by atoms with Gasteiger partial charge in [0.15, 0.2) is 5.69 Å². The molecule has 1 aliphatic rings. The number of carbonyl (C=O) groups is 1. The van der Waals surface area contributed by atoms with Crippen LogP contribution in [0, 0.1) is 11.8 Å². The van der Waals surface area contributed by atoms with Crippen molar-refractivity contribution in [2.24, 2.45) is 11.8 Å². The minimum absolute atomic E-state index is 0.129. The Balaban J connectivity index is 1.63. The third-order valence-electron chi connectivity index (χ3n) is 4.96. The molecule has 2 aromatic rings. The number of para-hydroxylation sites is 1. The van der Waals surface area contributed by atoms with Gasteiger partial charge in [-0.15, -0.1) is 0 Å². The summed E-state index contributed by atoms with van der Waals surface area (Å²) in [5, 5.41) is 11.4. The maximum atomic E-state index is 12.5. The number of benzene rings is 1. The Labute approximate surface area is 142 Å². The Kier molecular flexibility index (Phi) is 4.90. The zero-order valence-corrected chi connectivity index (χ0v) is 14.5. The maximum Gasteiger partial charge on any atom is 0.272 e. The van der Waals surface area contributed by atoms with Crippen LogP contribution in [0.1, 0.15) is 56.4 Å². The lowest BCUT2D eigenvalue weighted by Crippen LogP contribution is -2.35. The second-order valence-corrected chi connectivity index (χ2v) is 7.38. The molecule has 0 aliphatic heterocycles. The van der Waals surface area contributed by atoms with E-state index in [0.717, 1.165) is 23.6 Å². The fourth-order valence-electron chi connectivity index (χ4n) is 3.60. The van der Waals surface area contributed by atoms with Gasteiger partial charge in [0.25, 0.3) is 5.91 Å². The SMILES string of the molecule is CC1CCC(C[C@@H](C)NC(=O)c2n[nH]c3c(Cl)cccc23)CC1. The Bertz CT molecular complexity index is 689. The molecule has 0 unspecified atom stereocenters. The molecule has 0 spiro atoms. The van der Waals surface area contributed by atoms with Gasteiger partial charge >= 0.3 is 0 Å². The average molecular weight is 334 g/mol. The number of nitrogens with zero attached hydrogens (tertiary/aromatic N) is 1. The molecule has 3 rings (SSSR count). The third-order valence-corrected chi connectivity index (χ3v) is 5.28. The van der Waals surface area contributed by atoms with Gasteiger partial charge in [-0.3, -0.25) is 9.89 Å². The fourth-order valence-corrected chi connectivity index (χ4v) is 3.81. The Morgan fingerprint density at radius 1 is 1.39 bits per heavy atom. The van der Waals surface area contributed by atoms with E-state index >= 15 is 0 Å².